The van der Waals surface area contributed by atoms with Crippen LogP contribution in [0.4, 0.5) is 0 Å². The second-order valence-corrected chi connectivity index (χ2v) is 6.25. The molecular formula is C20H25N3O7. The molecular weight excluding hydrogens is 394 g/mol. The highest BCUT2D eigenvalue weighted by Crippen LogP contribution is 2.28. The van der Waals surface area contributed by atoms with E-state index < -0.39 is 23.1 Å². The van der Waals surface area contributed by atoms with Crippen molar-refractivity contribution in [2.45, 2.75) is 20.5 Å². The number of ether oxygens (including phenoxy) is 3. The molecule has 1 heterocycles. The summed E-state index contributed by atoms with van der Waals surface area (Å²) in [4.78, 5) is 47.9. The summed E-state index contributed by atoms with van der Waals surface area (Å²) in [6.07, 6.45) is 0. The van der Waals surface area contributed by atoms with Crippen molar-refractivity contribution in [2.75, 3.05) is 19.8 Å². The van der Waals surface area contributed by atoms with E-state index in [1.807, 2.05) is 13.8 Å². The lowest BCUT2D eigenvalue weighted by atomic mass is 10.2. The minimum absolute atomic E-state index is 0.246. The number of carbonyl (C=O) groups is 2. The first kappa shape index (κ1) is 22.7. The molecule has 162 valence electrons. The van der Waals surface area contributed by atoms with Gasteiger partial charge in [-0.05, 0) is 32.0 Å². The topological polar surface area (TPSA) is 118 Å². The van der Waals surface area contributed by atoms with E-state index in [1.54, 1.807) is 12.1 Å². The highest BCUT2D eigenvalue weighted by molar-refractivity contribution is 5.96. The Hall–Kier alpha value is -3.56. The Morgan fingerprint density at radius 1 is 0.967 bits per heavy atom. The molecule has 0 saturated carbocycles. The Morgan fingerprint density at radius 2 is 1.63 bits per heavy atom. The molecule has 0 spiro atoms. The summed E-state index contributed by atoms with van der Waals surface area (Å²) in [5.41, 5.74) is -0.486. The Labute approximate surface area is 173 Å². The van der Waals surface area contributed by atoms with Gasteiger partial charge in [0.05, 0.1) is 18.9 Å². The van der Waals surface area contributed by atoms with Crippen LogP contribution in [0.2, 0.25) is 0 Å². The Balaban J connectivity index is 1.96. The van der Waals surface area contributed by atoms with E-state index in [2.05, 4.69) is 5.32 Å². The van der Waals surface area contributed by atoms with Gasteiger partial charge in [0.1, 0.15) is 13.2 Å². The molecule has 2 aromatic rings. The van der Waals surface area contributed by atoms with Crippen LogP contribution in [0.5, 0.6) is 11.5 Å². The molecule has 0 saturated heterocycles. The van der Waals surface area contributed by atoms with E-state index in [-0.39, 0.29) is 18.8 Å². The number of esters is 1. The molecule has 1 amide bonds. The van der Waals surface area contributed by atoms with Gasteiger partial charge in [-0.2, -0.15) is 0 Å². The molecule has 1 aromatic heterocycles. The van der Waals surface area contributed by atoms with Crippen molar-refractivity contribution in [3.63, 3.8) is 0 Å². The summed E-state index contributed by atoms with van der Waals surface area (Å²) in [6, 6.07) is 5.93. The molecule has 1 aromatic carbocycles. The first-order valence-corrected chi connectivity index (χ1v) is 9.37. The maximum absolute atomic E-state index is 12.3. The zero-order valence-corrected chi connectivity index (χ0v) is 17.4. The summed E-state index contributed by atoms with van der Waals surface area (Å²) in [5, 5.41) is 2.46. The predicted octanol–water partition coefficient (Wildman–Crippen LogP) is 0.355. The van der Waals surface area contributed by atoms with Gasteiger partial charge in [0.25, 0.3) is 11.5 Å². The van der Waals surface area contributed by atoms with E-state index in [9.17, 15) is 19.2 Å². The number of amides is 1. The summed E-state index contributed by atoms with van der Waals surface area (Å²) in [5.74, 6) is -0.250. The monoisotopic (exact) mass is 419 g/mol. The first-order valence-electron chi connectivity index (χ1n) is 9.37. The average Bonchev–Trinajstić information content (AvgIpc) is 2.73. The van der Waals surface area contributed by atoms with Crippen LogP contribution in [0.15, 0.2) is 33.9 Å². The zero-order chi connectivity index (χ0) is 22.3. The minimum atomic E-state index is -0.715. The van der Waals surface area contributed by atoms with Gasteiger partial charge in [0.15, 0.2) is 11.5 Å². The highest BCUT2D eigenvalue weighted by Gasteiger charge is 2.14. The van der Waals surface area contributed by atoms with Crippen LogP contribution in [0.3, 0.4) is 0 Å². The van der Waals surface area contributed by atoms with Gasteiger partial charge in [0, 0.05) is 25.7 Å². The van der Waals surface area contributed by atoms with Crippen molar-refractivity contribution >= 4 is 11.9 Å². The van der Waals surface area contributed by atoms with Gasteiger partial charge in [-0.25, -0.2) is 4.79 Å². The maximum Gasteiger partial charge on any atom is 0.330 e. The summed E-state index contributed by atoms with van der Waals surface area (Å²) < 4.78 is 18.1. The van der Waals surface area contributed by atoms with Crippen LogP contribution >= 0.6 is 0 Å². The summed E-state index contributed by atoms with van der Waals surface area (Å²) in [7, 11) is 2.82. The van der Waals surface area contributed by atoms with E-state index >= 15 is 0 Å². The number of carbonyl (C=O) groups excluding carboxylic acids is 2. The standard InChI is InChI=1S/C20H25N3O7/c1-5-28-15-8-7-13(9-16(15)29-6-2)19(26)21-11-18(25)30-12-14-10-17(24)23(4)20(27)22(14)3/h7-10H,5-6,11-12H2,1-4H3,(H,21,26). The number of benzene rings is 1. The van der Waals surface area contributed by atoms with Crippen LogP contribution in [-0.2, 0) is 30.2 Å². The smallest absolute Gasteiger partial charge is 0.330 e. The normalized spacial score (nSPS) is 10.4. The molecule has 0 aliphatic carbocycles. The lowest BCUT2D eigenvalue weighted by Crippen LogP contribution is -2.38. The third kappa shape index (κ3) is 5.49. The second-order valence-electron chi connectivity index (χ2n) is 6.25. The third-order valence-corrected chi connectivity index (χ3v) is 4.21. The Bertz CT molecular complexity index is 1040. The molecule has 0 aliphatic rings. The first-order chi connectivity index (χ1) is 14.3. The Kier molecular flexibility index (Phi) is 7.79. The predicted molar refractivity (Wildman–Crippen MR) is 108 cm³/mol. The van der Waals surface area contributed by atoms with Crippen LogP contribution in [0.1, 0.15) is 29.9 Å². The number of hydrogen-bond donors (Lipinski definition) is 1. The SMILES string of the molecule is CCOc1ccc(C(=O)NCC(=O)OCc2cc(=O)n(C)c(=O)n2C)cc1OCC. The number of nitrogens with zero attached hydrogens (tertiary/aromatic N) is 2. The van der Waals surface area contributed by atoms with Crippen molar-refractivity contribution < 1.29 is 23.8 Å². The molecule has 0 bridgehead atoms. The van der Waals surface area contributed by atoms with Gasteiger partial charge in [-0.3, -0.25) is 23.5 Å². The molecule has 0 unspecified atom stereocenters. The van der Waals surface area contributed by atoms with E-state index in [1.165, 1.54) is 30.8 Å². The van der Waals surface area contributed by atoms with Crippen molar-refractivity contribution in [1.82, 2.24) is 14.5 Å². The molecule has 30 heavy (non-hydrogen) atoms. The van der Waals surface area contributed by atoms with Crippen LogP contribution < -0.4 is 26.0 Å². The van der Waals surface area contributed by atoms with Gasteiger partial charge in [-0.1, -0.05) is 0 Å². The van der Waals surface area contributed by atoms with Gasteiger partial charge in [-0.15, -0.1) is 0 Å². The Morgan fingerprint density at radius 3 is 2.30 bits per heavy atom. The molecule has 10 nitrogen and oxygen atoms in total. The quantitative estimate of drug-likeness (QED) is 0.583. The van der Waals surface area contributed by atoms with Gasteiger partial charge < -0.3 is 19.5 Å². The molecule has 0 radical (unpaired) electrons. The third-order valence-electron chi connectivity index (χ3n) is 4.21. The van der Waals surface area contributed by atoms with E-state index in [0.29, 0.717) is 30.3 Å². The van der Waals surface area contributed by atoms with Crippen LogP contribution in [0.25, 0.3) is 0 Å². The molecule has 0 aliphatic heterocycles. The molecule has 10 heteroatoms. The summed E-state index contributed by atoms with van der Waals surface area (Å²) in [6.45, 7) is 3.87. The largest absolute Gasteiger partial charge is 0.490 e. The number of nitrogens with one attached hydrogen (secondary N) is 1. The molecule has 0 atom stereocenters. The summed E-state index contributed by atoms with van der Waals surface area (Å²) >= 11 is 0. The number of aromatic nitrogens is 2. The van der Waals surface area contributed by atoms with Crippen molar-refractivity contribution in [1.29, 1.82) is 0 Å². The molecule has 2 rings (SSSR count). The maximum atomic E-state index is 12.3. The lowest BCUT2D eigenvalue weighted by Gasteiger charge is -2.13. The minimum Gasteiger partial charge on any atom is -0.490 e. The van der Waals surface area contributed by atoms with E-state index in [4.69, 9.17) is 14.2 Å². The highest BCUT2D eigenvalue weighted by atomic mass is 16.5. The fourth-order valence-electron chi connectivity index (χ4n) is 2.57. The van der Waals surface area contributed by atoms with Gasteiger partial charge in [0.2, 0.25) is 0 Å². The molecule has 0 fully saturated rings. The molecule has 1 N–H and O–H groups in total. The van der Waals surface area contributed by atoms with Crippen LogP contribution in [-0.4, -0.2) is 40.8 Å². The van der Waals surface area contributed by atoms with Gasteiger partial charge >= 0.3 is 11.7 Å². The fraction of sp³-hybridized carbons (Fsp3) is 0.400. The number of rotatable bonds is 9. The fourth-order valence-corrected chi connectivity index (χ4v) is 2.57. The van der Waals surface area contributed by atoms with Crippen molar-refractivity contribution in [3.8, 4) is 11.5 Å². The number of hydrogen-bond acceptors (Lipinski definition) is 7. The second kappa shape index (κ2) is 10.3. The zero-order valence-electron chi connectivity index (χ0n) is 17.4. The van der Waals surface area contributed by atoms with Crippen molar-refractivity contribution in [3.05, 3.63) is 56.4 Å². The van der Waals surface area contributed by atoms with E-state index in [0.717, 1.165) is 4.57 Å². The lowest BCUT2D eigenvalue weighted by molar-refractivity contribution is -0.143. The average molecular weight is 419 g/mol. The van der Waals surface area contributed by atoms with Crippen molar-refractivity contribution in [2.24, 2.45) is 14.1 Å². The van der Waals surface area contributed by atoms with Crippen LogP contribution in [0, 0.1) is 0 Å².